The fraction of sp³-hybridized carbons (Fsp3) is 0.625. The average molecular weight is 328 g/mol. The molecule has 0 aliphatic heterocycles. The number of benzene rings is 1. The summed E-state index contributed by atoms with van der Waals surface area (Å²) in [5.74, 6) is 0. The Kier molecular flexibility index (Phi) is 7.05. The number of methoxy groups -OCH3 is 1. The van der Waals surface area contributed by atoms with Gasteiger partial charge in [-0.3, -0.25) is 0 Å². The van der Waals surface area contributed by atoms with Crippen molar-refractivity contribution in [2.45, 2.75) is 51.7 Å². The molecule has 0 saturated heterocycles. The number of hydrogen-bond acceptors (Lipinski definition) is 2. The van der Waals surface area contributed by atoms with Gasteiger partial charge in [-0.05, 0) is 51.3 Å². The second-order valence-corrected chi connectivity index (χ2v) is 6.41. The van der Waals surface area contributed by atoms with Crippen LogP contribution in [0, 0.1) is 0 Å². The minimum atomic E-state index is -0.0401. The lowest BCUT2D eigenvalue weighted by Crippen LogP contribution is -2.34. The van der Waals surface area contributed by atoms with Crippen molar-refractivity contribution in [3.63, 3.8) is 0 Å². The smallest absolute Gasteiger partial charge is 0.0623 e. The normalized spacial score (nSPS) is 13.5. The van der Waals surface area contributed by atoms with E-state index in [1.165, 1.54) is 10.0 Å². The number of halogens is 1. The molecule has 108 valence electrons. The van der Waals surface area contributed by atoms with Gasteiger partial charge in [0, 0.05) is 17.6 Å². The molecule has 1 atom stereocenters. The van der Waals surface area contributed by atoms with Gasteiger partial charge in [0.05, 0.1) is 5.60 Å². The van der Waals surface area contributed by atoms with E-state index in [1.807, 2.05) is 0 Å². The Hall–Kier alpha value is -0.380. The summed E-state index contributed by atoms with van der Waals surface area (Å²) in [6.07, 6.45) is 3.23. The van der Waals surface area contributed by atoms with E-state index in [4.69, 9.17) is 4.74 Å². The fourth-order valence-corrected chi connectivity index (χ4v) is 2.56. The zero-order valence-corrected chi connectivity index (χ0v) is 14.1. The van der Waals surface area contributed by atoms with Crippen molar-refractivity contribution in [1.82, 2.24) is 5.32 Å². The molecule has 1 unspecified atom stereocenters. The molecule has 0 fully saturated rings. The number of likely N-dealkylation sites (N-methyl/N-ethyl adjacent to an activating group) is 1. The van der Waals surface area contributed by atoms with Gasteiger partial charge in [0.25, 0.3) is 0 Å². The van der Waals surface area contributed by atoms with Gasteiger partial charge in [-0.1, -0.05) is 41.1 Å². The largest absolute Gasteiger partial charge is 0.379 e. The maximum atomic E-state index is 5.50. The maximum absolute atomic E-state index is 5.50. The molecule has 0 aliphatic carbocycles. The summed E-state index contributed by atoms with van der Waals surface area (Å²) in [6, 6.07) is 8.96. The first-order valence-corrected chi connectivity index (χ1v) is 7.79. The van der Waals surface area contributed by atoms with E-state index in [0.29, 0.717) is 6.04 Å². The first kappa shape index (κ1) is 16.7. The lowest BCUT2D eigenvalue weighted by molar-refractivity contribution is 0.0117. The molecule has 1 aromatic rings. The number of nitrogens with one attached hydrogen (secondary N) is 1. The minimum Gasteiger partial charge on any atom is -0.379 e. The third-order valence-corrected chi connectivity index (χ3v) is 4.34. The quantitative estimate of drug-likeness (QED) is 0.773. The van der Waals surface area contributed by atoms with Crippen LogP contribution in [0.2, 0.25) is 0 Å². The van der Waals surface area contributed by atoms with Crippen LogP contribution in [0.4, 0.5) is 0 Å². The number of rotatable bonds is 8. The standard InChI is InChI=1S/C16H26BrNO/c1-5-18-14(10-11-16(2,3)19-4)12-13-8-6-7-9-15(13)17/h6-9,14,18H,5,10-12H2,1-4H3. The van der Waals surface area contributed by atoms with Crippen LogP contribution in [-0.2, 0) is 11.2 Å². The lowest BCUT2D eigenvalue weighted by atomic mass is 9.95. The first-order chi connectivity index (χ1) is 8.98. The predicted molar refractivity (Wildman–Crippen MR) is 85.6 cm³/mol. The highest BCUT2D eigenvalue weighted by molar-refractivity contribution is 9.10. The minimum absolute atomic E-state index is 0.0401. The van der Waals surface area contributed by atoms with Gasteiger partial charge in [0.2, 0.25) is 0 Å². The van der Waals surface area contributed by atoms with Crippen LogP contribution in [0.25, 0.3) is 0 Å². The summed E-state index contributed by atoms with van der Waals surface area (Å²) >= 11 is 3.63. The van der Waals surface area contributed by atoms with Crippen molar-refractivity contribution in [3.05, 3.63) is 34.3 Å². The Morgan fingerprint density at radius 2 is 2.00 bits per heavy atom. The Bertz CT molecular complexity index is 379. The molecule has 0 aliphatic rings. The zero-order valence-electron chi connectivity index (χ0n) is 12.5. The van der Waals surface area contributed by atoms with Crippen LogP contribution in [0.1, 0.15) is 39.2 Å². The summed E-state index contributed by atoms with van der Waals surface area (Å²) in [7, 11) is 1.79. The van der Waals surface area contributed by atoms with Crippen molar-refractivity contribution in [2.24, 2.45) is 0 Å². The molecule has 0 radical (unpaired) electrons. The second-order valence-electron chi connectivity index (χ2n) is 5.55. The van der Waals surface area contributed by atoms with Crippen molar-refractivity contribution in [3.8, 4) is 0 Å². The van der Waals surface area contributed by atoms with Crippen LogP contribution in [0.15, 0.2) is 28.7 Å². The number of ether oxygens (including phenoxy) is 1. The summed E-state index contributed by atoms with van der Waals surface area (Å²) in [5.41, 5.74) is 1.32. The van der Waals surface area contributed by atoms with E-state index in [9.17, 15) is 0 Å². The lowest BCUT2D eigenvalue weighted by Gasteiger charge is -2.26. The number of hydrogen-bond donors (Lipinski definition) is 1. The highest BCUT2D eigenvalue weighted by Gasteiger charge is 2.19. The van der Waals surface area contributed by atoms with Crippen LogP contribution < -0.4 is 5.32 Å². The van der Waals surface area contributed by atoms with Gasteiger partial charge in [0.1, 0.15) is 0 Å². The van der Waals surface area contributed by atoms with Gasteiger partial charge in [-0.2, -0.15) is 0 Å². The van der Waals surface area contributed by atoms with Crippen LogP contribution in [0.3, 0.4) is 0 Å². The molecular weight excluding hydrogens is 302 g/mol. The second kappa shape index (κ2) is 8.03. The third kappa shape index (κ3) is 6.07. The van der Waals surface area contributed by atoms with Gasteiger partial charge in [-0.25, -0.2) is 0 Å². The fourth-order valence-electron chi connectivity index (χ4n) is 2.12. The molecule has 0 aromatic heterocycles. The molecule has 19 heavy (non-hydrogen) atoms. The Balaban J connectivity index is 2.60. The monoisotopic (exact) mass is 327 g/mol. The van der Waals surface area contributed by atoms with Gasteiger partial charge in [-0.15, -0.1) is 0 Å². The van der Waals surface area contributed by atoms with Crippen molar-refractivity contribution < 1.29 is 4.74 Å². The van der Waals surface area contributed by atoms with Gasteiger partial charge in [0.15, 0.2) is 0 Å². The summed E-state index contributed by atoms with van der Waals surface area (Å²) in [6.45, 7) is 7.46. The Morgan fingerprint density at radius 1 is 1.32 bits per heavy atom. The topological polar surface area (TPSA) is 21.3 Å². The third-order valence-electron chi connectivity index (χ3n) is 3.56. The Morgan fingerprint density at radius 3 is 2.58 bits per heavy atom. The molecule has 0 spiro atoms. The zero-order chi connectivity index (χ0) is 14.3. The van der Waals surface area contributed by atoms with E-state index in [-0.39, 0.29) is 5.60 Å². The van der Waals surface area contributed by atoms with E-state index in [1.54, 1.807) is 7.11 Å². The SMILES string of the molecule is CCNC(CCC(C)(C)OC)Cc1ccccc1Br. The summed E-state index contributed by atoms with van der Waals surface area (Å²) < 4.78 is 6.70. The molecule has 1 N–H and O–H groups in total. The molecular formula is C16H26BrNO. The summed E-state index contributed by atoms with van der Waals surface area (Å²) in [5, 5.41) is 3.58. The molecule has 3 heteroatoms. The van der Waals surface area contributed by atoms with Gasteiger partial charge < -0.3 is 10.1 Å². The van der Waals surface area contributed by atoms with Crippen molar-refractivity contribution >= 4 is 15.9 Å². The molecule has 0 bridgehead atoms. The van der Waals surface area contributed by atoms with Crippen molar-refractivity contribution in [2.75, 3.05) is 13.7 Å². The van der Waals surface area contributed by atoms with Crippen molar-refractivity contribution in [1.29, 1.82) is 0 Å². The molecule has 1 aromatic carbocycles. The van der Waals surface area contributed by atoms with E-state index in [2.05, 4.69) is 66.3 Å². The highest BCUT2D eigenvalue weighted by Crippen LogP contribution is 2.21. The van der Waals surface area contributed by atoms with E-state index in [0.717, 1.165) is 25.8 Å². The molecule has 2 nitrogen and oxygen atoms in total. The summed E-state index contributed by atoms with van der Waals surface area (Å²) in [4.78, 5) is 0. The van der Waals surface area contributed by atoms with E-state index >= 15 is 0 Å². The van der Waals surface area contributed by atoms with Crippen LogP contribution in [0.5, 0.6) is 0 Å². The molecule has 0 heterocycles. The molecule has 1 rings (SSSR count). The first-order valence-electron chi connectivity index (χ1n) is 7.00. The highest BCUT2D eigenvalue weighted by atomic mass is 79.9. The van der Waals surface area contributed by atoms with Crippen LogP contribution in [-0.4, -0.2) is 25.3 Å². The molecule has 0 saturated carbocycles. The molecule has 0 amide bonds. The average Bonchev–Trinajstić information content (AvgIpc) is 2.39. The Labute approximate surface area is 126 Å². The van der Waals surface area contributed by atoms with Crippen LogP contribution >= 0.6 is 15.9 Å². The maximum Gasteiger partial charge on any atom is 0.0623 e. The van der Waals surface area contributed by atoms with E-state index < -0.39 is 0 Å². The van der Waals surface area contributed by atoms with Gasteiger partial charge >= 0.3 is 0 Å². The predicted octanol–water partition coefficient (Wildman–Crippen LogP) is 4.17.